The Hall–Kier alpha value is -2.24. The summed E-state index contributed by atoms with van der Waals surface area (Å²) in [6.45, 7) is -0.652. The molecular weight excluding hydrogens is 480 g/mol. The normalized spacial score (nSPS) is 24.3. The van der Waals surface area contributed by atoms with Crippen molar-refractivity contribution in [1.29, 1.82) is 0 Å². The summed E-state index contributed by atoms with van der Waals surface area (Å²) in [6, 6.07) is 8.02. The summed E-state index contributed by atoms with van der Waals surface area (Å²) in [5.41, 5.74) is 0.110. The van der Waals surface area contributed by atoms with Crippen LogP contribution in [-0.4, -0.2) is 6.61 Å². The van der Waals surface area contributed by atoms with Gasteiger partial charge in [-0.05, 0) is 85.8 Å². The SMILES string of the molecule is CCCCC1CCC(CCC2CCC(c3c(F)ccc(Oc4ccc(OC(F)F)cc4)c3F)CC2)CC1. The van der Waals surface area contributed by atoms with Crippen LogP contribution in [0.4, 0.5) is 17.6 Å². The minimum Gasteiger partial charge on any atom is -0.454 e. The van der Waals surface area contributed by atoms with E-state index in [0.717, 1.165) is 37.5 Å². The molecular formula is C31H40F4O2. The van der Waals surface area contributed by atoms with E-state index in [1.54, 1.807) is 0 Å². The second-order valence-electron chi connectivity index (χ2n) is 11.0. The number of alkyl halides is 2. The van der Waals surface area contributed by atoms with Crippen molar-refractivity contribution in [2.45, 2.75) is 103 Å². The Labute approximate surface area is 218 Å². The van der Waals surface area contributed by atoms with Gasteiger partial charge in [0.15, 0.2) is 11.6 Å². The predicted molar refractivity (Wildman–Crippen MR) is 138 cm³/mol. The molecule has 2 aromatic rings. The van der Waals surface area contributed by atoms with Crippen molar-refractivity contribution in [1.82, 2.24) is 0 Å². The molecule has 204 valence electrons. The Kier molecular flexibility index (Phi) is 10.2. The van der Waals surface area contributed by atoms with Gasteiger partial charge in [0.2, 0.25) is 0 Å². The van der Waals surface area contributed by atoms with Gasteiger partial charge in [-0.1, -0.05) is 64.7 Å². The fraction of sp³-hybridized carbons (Fsp3) is 0.613. The molecule has 0 radical (unpaired) electrons. The Bertz CT molecular complexity index is 962. The van der Waals surface area contributed by atoms with Crippen LogP contribution in [-0.2, 0) is 0 Å². The first-order chi connectivity index (χ1) is 17.9. The predicted octanol–water partition coefficient (Wildman–Crippen LogP) is 10.4. The van der Waals surface area contributed by atoms with Crippen molar-refractivity contribution in [2.75, 3.05) is 0 Å². The molecule has 0 saturated heterocycles. The summed E-state index contributed by atoms with van der Waals surface area (Å²) in [5, 5.41) is 0. The highest BCUT2D eigenvalue weighted by Gasteiger charge is 2.29. The maximum Gasteiger partial charge on any atom is 0.387 e. The van der Waals surface area contributed by atoms with Crippen LogP contribution in [0.1, 0.15) is 102 Å². The lowest BCUT2D eigenvalue weighted by molar-refractivity contribution is -0.0498. The number of hydrogen-bond donors (Lipinski definition) is 0. The first kappa shape index (κ1) is 27.8. The first-order valence-corrected chi connectivity index (χ1v) is 14.1. The van der Waals surface area contributed by atoms with Crippen molar-refractivity contribution in [3.8, 4) is 17.2 Å². The van der Waals surface area contributed by atoms with Gasteiger partial charge in [-0.2, -0.15) is 8.78 Å². The first-order valence-electron chi connectivity index (χ1n) is 14.1. The summed E-state index contributed by atoms with van der Waals surface area (Å²) in [5.74, 6) is 1.27. The monoisotopic (exact) mass is 520 g/mol. The molecule has 2 fully saturated rings. The number of hydrogen-bond acceptors (Lipinski definition) is 2. The summed E-state index contributed by atoms with van der Waals surface area (Å²) >= 11 is 0. The molecule has 2 aromatic carbocycles. The highest BCUT2D eigenvalue weighted by atomic mass is 19.3. The van der Waals surface area contributed by atoms with E-state index in [4.69, 9.17) is 4.74 Å². The maximum atomic E-state index is 15.4. The van der Waals surface area contributed by atoms with E-state index >= 15 is 4.39 Å². The summed E-state index contributed by atoms with van der Waals surface area (Å²) in [4.78, 5) is 0. The molecule has 37 heavy (non-hydrogen) atoms. The summed E-state index contributed by atoms with van der Waals surface area (Å²) < 4.78 is 64.7. The molecule has 2 nitrogen and oxygen atoms in total. The van der Waals surface area contributed by atoms with Crippen molar-refractivity contribution < 1.29 is 27.0 Å². The maximum absolute atomic E-state index is 15.4. The van der Waals surface area contributed by atoms with Gasteiger partial charge in [-0.3, -0.25) is 0 Å². The van der Waals surface area contributed by atoms with Gasteiger partial charge in [0.25, 0.3) is 0 Å². The lowest BCUT2D eigenvalue weighted by atomic mass is 9.73. The molecule has 4 rings (SSSR count). The van der Waals surface area contributed by atoms with Gasteiger partial charge in [0.1, 0.15) is 17.3 Å². The second kappa shape index (κ2) is 13.5. The van der Waals surface area contributed by atoms with Crippen LogP contribution >= 0.6 is 0 Å². The fourth-order valence-electron chi connectivity index (χ4n) is 6.33. The van der Waals surface area contributed by atoms with E-state index in [1.807, 2.05) is 0 Å². The third-order valence-corrected chi connectivity index (χ3v) is 8.54. The van der Waals surface area contributed by atoms with Gasteiger partial charge in [0.05, 0.1) is 0 Å². The Morgan fingerprint density at radius 3 is 1.84 bits per heavy atom. The molecule has 0 atom stereocenters. The molecule has 2 aliphatic rings. The zero-order chi connectivity index (χ0) is 26.2. The number of halogens is 4. The van der Waals surface area contributed by atoms with Crippen LogP contribution in [0.25, 0.3) is 0 Å². The molecule has 0 heterocycles. The molecule has 0 aliphatic heterocycles. The van der Waals surface area contributed by atoms with Crippen LogP contribution in [0.5, 0.6) is 17.2 Å². The number of unbranched alkanes of at least 4 members (excludes halogenated alkanes) is 1. The Morgan fingerprint density at radius 1 is 0.730 bits per heavy atom. The molecule has 0 bridgehead atoms. The molecule has 0 amide bonds. The van der Waals surface area contributed by atoms with Crippen LogP contribution in [0.15, 0.2) is 36.4 Å². The van der Waals surface area contributed by atoms with E-state index in [9.17, 15) is 13.2 Å². The summed E-state index contributed by atoms with van der Waals surface area (Å²) in [6.07, 6.45) is 15.7. The van der Waals surface area contributed by atoms with Gasteiger partial charge in [0, 0.05) is 5.56 Å². The molecule has 0 N–H and O–H groups in total. The molecule has 2 aliphatic carbocycles. The van der Waals surface area contributed by atoms with Crippen molar-refractivity contribution in [3.05, 3.63) is 53.6 Å². The van der Waals surface area contributed by atoms with E-state index in [0.29, 0.717) is 5.92 Å². The zero-order valence-corrected chi connectivity index (χ0v) is 21.9. The third kappa shape index (κ3) is 7.87. The highest BCUT2D eigenvalue weighted by molar-refractivity contribution is 5.39. The lowest BCUT2D eigenvalue weighted by Crippen LogP contribution is -2.18. The number of rotatable bonds is 11. The van der Waals surface area contributed by atoms with Gasteiger partial charge >= 0.3 is 6.61 Å². The molecule has 0 aromatic heterocycles. The van der Waals surface area contributed by atoms with E-state index in [2.05, 4.69) is 11.7 Å². The van der Waals surface area contributed by atoms with Crippen molar-refractivity contribution >= 4 is 0 Å². The minimum atomic E-state index is -2.92. The topological polar surface area (TPSA) is 18.5 Å². The lowest BCUT2D eigenvalue weighted by Gasteiger charge is -2.32. The van der Waals surface area contributed by atoms with Gasteiger partial charge < -0.3 is 9.47 Å². The van der Waals surface area contributed by atoms with Crippen molar-refractivity contribution in [2.24, 2.45) is 17.8 Å². The number of benzene rings is 2. The molecule has 2 saturated carbocycles. The highest BCUT2D eigenvalue weighted by Crippen LogP contribution is 2.43. The Morgan fingerprint density at radius 2 is 1.27 bits per heavy atom. The quantitative estimate of drug-likeness (QED) is 0.274. The van der Waals surface area contributed by atoms with Crippen molar-refractivity contribution in [3.63, 3.8) is 0 Å². The Balaban J connectivity index is 1.27. The van der Waals surface area contributed by atoms with E-state index in [1.165, 1.54) is 94.2 Å². The molecule has 0 unspecified atom stereocenters. The molecule has 0 spiro atoms. The third-order valence-electron chi connectivity index (χ3n) is 8.54. The minimum absolute atomic E-state index is 0.0148. The van der Waals surface area contributed by atoms with E-state index < -0.39 is 18.2 Å². The fourth-order valence-corrected chi connectivity index (χ4v) is 6.33. The average Bonchev–Trinajstić information content (AvgIpc) is 2.90. The van der Waals surface area contributed by atoms with Gasteiger partial charge in [-0.15, -0.1) is 0 Å². The van der Waals surface area contributed by atoms with Crippen LogP contribution in [0.2, 0.25) is 0 Å². The smallest absolute Gasteiger partial charge is 0.387 e. The zero-order valence-electron chi connectivity index (χ0n) is 21.9. The average molecular weight is 521 g/mol. The van der Waals surface area contributed by atoms with Crippen LogP contribution < -0.4 is 9.47 Å². The molecule has 6 heteroatoms. The van der Waals surface area contributed by atoms with Crippen LogP contribution in [0, 0.1) is 29.4 Å². The standard InChI is InChI=1S/C31H40F4O2/c1-2-3-4-21-5-7-22(8-6-21)9-10-23-11-13-24(14-12-23)29-27(32)19-20-28(30(29)33)36-25-15-17-26(18-16-25)37-31(34)35/h15-24,31H,2-14H2,1H3. The van der Waals surface area contributed by atoms with Crippen LogP contribution in [0.3, 0.4) is 0 Å². The summed E-state index contributed by atoms with van der Waals surface area (Å²) in [7, 11) is 0. The number of ether oxygens (including phenoxy) is 2. The second-order valence-corrected chi connectivity index (χ2v) is 11.0. The van der Waals surface area contributed by atoms with E-state index in [-0.39, 0.29) is 28.7 Å². The largest absolute Gasteiger partial charge is 0.454 e. The van der Waals surface area contributed by atoms with Gasteiger partial charge in [-0.25, -0.2) is 8.78 Å².